The van der Waals surface area contributed by atoms with Gasteiger partial charge in [0.2, 0.25) is 5.69 Å². The summed E-state index contributed by atoms with van der Waals surface area (Å²) >= 11 is 0. The maximum absolute atomic E-state index is 10.3. The summed E-state index contributed by atoms with van der Waals surface area (Å²) in [5.74, 6) is 0. The Balaban J connectivity index is 3.36. The molecule has 0 radical (unpaired) electrons. The van der Waals surface area contributed by atoms with Gasteiger partial charge >= 0.3 is 0 Å². The third-order valence-electron chi connectivity index (χ3n) is 1.44. The number of nitro benzene ring substituents is 2. The molecule has 0 amide bonds. The first-order chi connectivity index (χ1) is 6.54. The molecule has 0 saturated carbocycles. The first kappa shape index (κ1) is 9.60. The number of benzene rings is 1. The highest BCUT2D eigenvalue weighted by Crippen LogP contribution is 2.27. The average Bonchev–Trinajstić information content (AvgIpc) is 2.16. The zero-order valence-corrected chi connectivity index (χ0v) is 6.71. The van der Waals surface area contributed by atoms with Gasteiger partial charge in [-0.15, -0.1) is 0 Å². The second-order valence-corrected chi connectivity index (χ2v) is 2.33. The number of nitrogens with zero attached hydrogens (tertiary/aromatic N) is 3. The molecule has 70 valence electrons. The highest BCUT2D eigenvalue weighted by atomic mass is 16.6. The van der Waals surface area contributed by atoms with Gasteiger partial charge in [-0.05, 0) is 0 Å². The van der Waals surface area contributed by atoms with Crippen LogP contribution in [0.15, 0.2) is 18.2 Å². The minimum Gasteiger partial charge on any atom is -0.258 e. The van der Waals surface area contributed by atoms with Crippen molar-refractivity contribution in [1.29, 1.82) is 0 Å². The standard InChI is InChI=1S/C7H3N3O4/c1-8-5-2-6(9(11)12)4-7(3-5)10(13)14/h2-4H. The molecule has 1 aromatic rings. The van der Waals surface area contributed by atoms with Crippen molar-refractivity contribution in [3.8, 4) is 0 Å². The van der Waals surface area contributed by atoms with Crippen LogP contribution in [0.3, 0.4) is 0 Å². The second kappa shape index (κ2) is 3.49. The molecule has 0 atom stereocenters. The van der Waals surface area contributed by atoms with Crippen molar-refractivity contribution >= 4 is 17.1 Å². The quantitative estimate of drug-likeness (QED) is 0.408. The summed E-state index contributed by atoms with van der Waals surface area (Å²) in [6.07, 6.45) is 0. The van der Waals surface area contributed by atoms with Gasteiger partial charge in [-0.3, -0.25) is 20.2 Å². The first-order valence-electron chi connectivity index (χ1n) is 3.36. The van der Waals surface area contributed by atoms with Gasteiger partial charge < -0.3 is 0 Å². The van der Waals surface area contributed by atoms with Crippen molar-refractivity contribution in [2.24, 2.45) is 0 Å². The zero-order valence-electron chi connectivity index (χ0n) is 6.71. The van der Waals surface area contributed by atoms with Gasteiger partial charge in [0, 0.05) is 12.1 Å². The van der Waals surface area contributed by atoms with E-state index >= 15 is 0 Å². The maximum Gasteiger partial charge on any atom is 0.266 e. The van der Waals surface area contributed by atoms with Crippen LogP contribution in [0.5, 0.6) is 0 Å². The predicted molar refractivity (Wildman–Crippen MR) is 46.0 cm³/mol. The van der Waals surface area contributed by atoms with Gasteiger partial charge in [-0.25, -0.2) is 4.85 Å². The summed E-state index contributed by atoms with van der Waals surface area (Å²) < 4.78 is 0. The lowest BCUT2D eigenvalue weighted by molar-refractivity contribution is -0.394. The Labute approximate surface area is 77.7 Å². The highest BCUT2D eigenvalue weighted by molar-refractivity contribution is 5.59. The van der Waals surface area contributed by atoms with Crippen LogP contribution in [-0.2, 0) is 0 Å². The summed E-state index contributed by atoms with van der Waals surface area (Å²) in [4.78, 5) is 22.0. The molecule has 1 aromatic carbocycles. The first-order valence-corrected chi connectivity index (χ1v) is 3.36. The van der Waals surface area contributed by atoms with Crippen LogP contribution < -0.4 is 0 Å². The molecule has 0 heterocycles. The number of non-ortho nitro benzene ring substituents is 2. The van der Waals surface area contributed by atoms with Crippen LogP contribution in [0.4, 0.5) is 17.1 Å². The van der Waals surface area contributed by atoms with Gasteiger partial charge in [0.15, 0.2) is 0 Å². The van der Waals surface area contributed by atoms with Gasteiger partial charge in [-0.2, -0.15) is 0 Å². The SMILES string of the molecule is [C-]#[N+]c1cc([N+](=O)[O-])cc([N+](=O)[O-])c1. The predicted octanol–water partition coefficient (Wildman–Crippen LogP) is 2.05. The van der Waals surface area contributed by atoms with Crippen LogP contribution in [0.1, 0.15) is 0 Å². The lowest BCUT2D eigenvalue weighted by Gasteiger charge is -1.93. The Morgan fingerprint density at radius 2 is 1.50 bits per heavy atom. The van der Waals surface area contributed by atoms with Crippen molar-refractivity contribution in [3.63, 3.8) is 0 Å². The van der Waals surface area contributed by atoms with E-state index in [1.165, 1.54) is 0 Å². The van der Waals surface area contributed by atoms with Gasteiger partial charge in [0.05, 0.1) is 22.5 Å². The molecule has 0 N–H and O–H groups in total. The van der Waals surface area contributed by atoms with Gasteiger partial charge in [-0.1, -0.05) is 0 Å². The van der Waals surface area contributed by atoms with E-state index < -0.39 is 21.2 Å². The van der Waals surface area contributed by atoms with E-state index in [9.17, 15) is 20.2 Å². The van der Waals surface area contributed by atoms with E-state index in [0.717, 1.165) is 18.2 Å². The fourth-order valence-corrected chi connectivity index (χ4v) is 0.855. The molecule has 0 unspecified atom stereocenters. The zero-order chi connectivity index (χ0) is 10.7. The molecule has 14 heavy (non-hydrogen) atoms. The van der Waals surface area contributed by atoms with Crippen molar-refractivity contribution in [1.82, 2.24) is 0 Å². The molecule has 1 rings (SSSR count). The summed E-state index contributed by atoms with van der Waals surface area (Å²) in [7, 11) is 0. The van der Waals surface area contributed by atoms with E-state index in [1.807, 2.05) is 0 Å². The second-order valence-electron chi connectivity index (χ2n) is 2.33. The number of rotatable bonds is 2. The minimum absolute atomic E-state index is 0.120. The van der Waals surface area contributed by atoms with Crippen molar-refractivity contribution < 1.29 is 9.85 Å². The maximum atomic E-state index is 10.3. The van der Waals surface area contributed by atoms with Crippen LogP contribution in [-0.4, -0.2) is 9.85 Å². The van der Waals surface area contributed by atoms with E-state index in [2.05, 4.69) is 4.85 Å². The smallest absolute Gasteiger partial charge is 0.258 e. The largest absolute Gasteiger partial charge is 0.266 e. The van der Waals surface area contributed by atoms with E-state index in [0.29, 0.717) is 0 Å². The summed E-state index contributed by atoms with van der Waals surface area (Å²) in [6, 6.07) is 2.79. The molecule has 0 aliphatic carbocycles. The molecular weight excluding hydrogens is 190 g/mol. The molecule has 0 spiro atoms. The van der Waals surface area contributed by atoms with Crippen molar-refractivity contribution in [2.45, 2.75) is 0 Å². The molecule has 0 saturated heterocycles. The fourth-order valence-electron chi connectivity index (χ4n) is 0.855. The monoisotopic (exact) mass is 193 g/mol. The highest BCUT2D eigenvalue weighted by Gasteiger charge is 2.15. The van der Waals surface area contributed by atoms with Crippen LogP contribution in [0.2, 0.25) is 0 Å². The molecule has 7 nitrogen and oxygen atoms in total. The Kier molecular flexibility index (Phi) is 2.39. The topological polar surface area (TPSA) is 90.6 Å². The lowest BCUT2D eigenvalue weighted by atomic mass is 10.2. The molecule has 0 aliphatic heterocycles. The lowest BCUT2D eigenvalue weighted by Crippen LogP contribution is -1.91. The van der Waals surface area contributed by atoms with Crippen LogP contribution in [0.25, 0.3) is 4.85 Å². The van der Waals surface area contributed by atoms with E-state index in [-0.39, 0.29) is 5.69 Å². The van der Waals surface area contributed by atoms with Gasteiger partial charge in [0.25, 0.3) is 11.4 Å². The number of hydrogen-bond donors (Lipinski definition) is 0. The third-order valence-corrected chi connectivity index (χ3v) is 1.44. The average molecular weight is 193 g/mol. The Bertz CT molecular complexity index is 416. The van der Waals surface area contributed by atoms with Gasteiger partial charge in [0.1, 0.15) is 0 Å². The van der Waals surface area contributed by atoms with Crippen LogP contribution in [0, 0.1) is 26.8 Å². The minimum atomic E-state index is -0.776. The molecule has 0 aromatic heterocycles. The van der Waals surface area contributed by atoms with E-state index in [4.69, 9.17) is 6.57 Å². The fraction of sp³-hybridized carbons (Fsp3) is 0. The Hall–Kier alpha value is -2.49. The van der Waals surface area contributed by atoms with Crippen LogP contribution >= 0.6 is 0 Å². The molecule has 0 fully saturated rings. The summed E-state index contributed by atoms with van der Waals surface area (Å²) in [5, 5.41) is 20.6. The molecular formula is C7H3N3O4. The number of hydrogen-bond acceptors (Lipinski definition) is 4. The summed E-state index contributed by atoms with van der Waals surface area (Å²) in [6.45, 7) is 6.60. The third kappa shape index (κ3) is 1.81. The van der Waals surface area contributed by atoms with Crippen molar-refractivity contribution in [3.05, 3.63) is 49.8 Å². The molecule has 0 aliphatic rings. The summed E-state index contributed by atoms with van der Waals surface area (Å²) in [5.41, 5.74) is -1.03. The molecule has 7 heteroatoms. The normalized spacial score (nSPS) is 9.07. The van der Waals surface area contributed by atoms with E-state index in [1.54, 1.807) is 0 Å². The molecule has 0 bridgehead atoms. The number of nitro groups is 2. The Morgan fingerprint density at radius 3 is 1.79 bits per heavy atom. The Morgan fingerprint density at radius 1 is 1.07 bits per heavy atom. The van der Waals surface area contributed by atoms with Crippen molar-refractivity contribution in [2.75, 3.05) is 0 Å².